The van der Waals surface area contributed by atoms with Gasteiger partial charge in [-0.3, -0.25) is 0 Å². The molecule has 0 aliphatic heterocycles. The minimum atomic E-state index is -1.53. The summed E-state index contributed by atoms with van der Waals surface area (Å²) < 4.78 is 0. The quantitative estimate of drug-likeness (QED) is 0.603. The van der Waals surface area contributed by atoms with E-state index in [0.29, 0.717) is 0 Å². The van der Waals surface area contributed by atoms with Crippen LogP contribution < -0.4 is 21.0 Å². The first-order valence-electron chi connectivity index (χ1n) is 9.42. The number of hydrogen-bond acceptors (Lipinski definition) is 1. The lowest BCUT2D eigenvalue weighted by Crippen LogP contribution is -2.32. The van der Waals surface area contributed by atoms with Gasteiger partial charge in [-0.1, -0.05) is 74.4 Å². The highest BCUT2D eigenvalue weighted by Gasteiger charge is 2.43. The van der Waals surface area contributed by atoms with Crippen molar-refractivity contribution < 1.29 is 5.11 Å². The van der Waals surface area contributed by atoms with E-state index >= 15 is 0 Å². The molecule has 2 heteroatoms. The van der Waals surface area contributed by atoms with E-state index in [2.05, 4.69) is 97.9 Å². The maximum Gasteiger partial charge on any atom is 0.111 e. The van der Waals surface area contributed by atoms with Crippen molar-refractivity contribution in [1.82, 2.24) is 0 Å². The van der Waals surface area contributed by atoms with Gasteiger partial charge in [-0.25, -0.2) is 0 Å². The highest BCUT2D eigenvalue weighted by atomic mass is 31.2. The molecule has 0 aliphatic carbocycles. The molecule has 0 heterocycles. The molecule has 3 rings (SSSR count). The second kappa shape index (κ2) is 10.9. The zero-order valence-electron chi connectivity index (χ0n) is 15.8. The van der Waals surface area contributed by atoms with Crippen LogP contribution in [0, 0.1) is 0 Å². The average Bonchev–Trinajstić information content (AvgIpc) is 2.73. The molecule has 0 saturated carbocycles. The van der Waals surface area contributed by atoms with E-state index in [4.69, 9.17) is 0 Å². The summed E-state index contributed by atoms with van der Waals surface area (Å²) in [6, 6.07) is 33.0. The summed E-state index contributed by atoms with van der Waals surface area (Å²) in [4.78, 5) is 0. The van der Waals surface area contributed by atoms with Crippen LogP contribution in [0.2, 0.25) is 0 Å². The highest BCUT2D eigenvalue weighted by Crippen LogP contribution is 2.54. The van der Waals surface area contributed by atoms with E-state index in [1.807, 2.05) is 6.92 Å². The summed E-state index contributed by atoms with van der Waals surface area (Å²) in [6.45, 7) is 4.43. The molecule has 0 spiro atoms. The Balaban J connectivity index is 0.000000431. The molecule has 0 saturated heterocycles. The predicted octanol–water partition coefficient (Wildman–Crippen LogP) is 4.15. The molecule has 3 aromatic rings. The fourth-order valence-corrected chi connectivity index (χ4v) is 7.22. The molecule has 0 aliphatic rings. The fourth-order valence-electron chi connectivity index (χ4n) is 3.19. The monoisotopic (exact) mass is 364 g/mol. The lowest BCUT2D eigenvalue weighted by atomic mass is 10.4. The zero-order chi connectivity index (χ0) is 18.7. The molecule has 0 N–H and O–H groups in total. The standard InChI is InChI=1S/C20H20P.C4H9O/c1-2-21(18-12-6-3-7-13-18,19-14-8-4-9-15-19)20-16-10-5-11-17-20;1-2-3-4-5/h3-17H,2H2,1H3;2-4H2,1H3/q+1;-1. The molecule has 0 aromatic heterocycles. The molecule has 0 bridgehead atoms. The lowest BCUT2D eigenvalue weighted by Gasteiger charge is -2.26. The highest BCUT2D eigenvalue weighted by molar-refractivity contribution is 7.95. The third-order valence-electron chi connectivity index (χ3n) is 4.56. The van der Waals surface area contributed by atoms with Crippen molar-refractivity contribution in [1.29, 1.82) is 0 Å². The summed E-state index contributed by atoms with van der Waals surface area (Å²) in [7, 11) is -1.53. The number of hydrogen-bond donors (Lipinski definition) is 0. The van der Waals surface area contributed by atoms with Gasteiger partial charge in [0.05, 0.1) is 6.16 Å². The normalized spacial score (nSPS) is 10.7. The zero-order valence-corrected chi connectivity index (χ0v) is 16.7. The van der Waals surface area contributed by atoms with Crippen molar-refractivity contribution in [2.45, 2.75) is 26.7 Å². The molecule has 136 valence electrons. The van der Waals surface area contributed by atoms with Gasteiger partial charge in [0.1, 0.15) is 23.2 Å². The van der Waals surface area contributed by atoms with Crippen LogP contribution >= 0.6 is 7.26 Å². The summed E-state index contributed by atoms with van der Waals surface area (Å²) in [5.74, 6) is 0. The first-order valence-corrected chi connectivity index (χ1v) is 11.4. The van der Waals surface area contributed by atoms with Crippen molar-refractivity contribution in [3.05, 3.63) is 91.0 Å². The van der Waals surface area contributed by atoms with Crippen molar-refractivity contribution in [3.63, 3.8) is 0 Å². The molecule has 0 fully saturated rings. The molecule has 0 unspecified atom stereocenters. The largest absolute Gasteiger partial charge is 0.854 e. The lowest BCUT2D eigenvalue weighted by molar-refractivity contribution is -0.368. The maximum atomic E-state index is 9.53. The number of unbranched alkanes of at least 4 members (excludes halogenated alkanes) is 1. The van der Waals surface area contributed by atoms with Gasteiger partial charge in [0.25, 0.3) is 0 Å². The molecule has 1 nitrogen and oxygen atoms in total. The van der Waals surface area contributed by atoms with Gasteiger partial charge < -0.3 is 5.11 Å². The molecule has 3 aromatic carbocycles. The van der Waals surface area contributed by atoms with E-state index in [0.717, 1.165) is 19.0 Å². The van der Waals surface area contributed by atoms with Crippen molar-refractivity contribution in [2.75, 3.05) is 12.8 Å². The fraction of sp³-hybridized carbons (Fsp3) is 0.250. The Morgan fingerprint density at radius 3 is 1.15 bits per heavy atom. The van der Waals surface area contributed by atoms with Crippen LogP contribution in [0.4, 0.5) is 0 Å². The third-order valence-corrected chi connectivity index (χ3v) is 9.05. The van der Waals surface area contributed by atoms with Gasteiger partial charge in [-0.15, -0.1) is 6.61 Å². The van der Waals surface area contributed by atoms with Crippen LogP contribution in [0.5, 0.6) is 0 Å². The summed E-state index contributed by atoms with van der Waals surface area (Å²) in [5.41, 5.74) is 0. The van der Waals surface area contributed by atoms with Gasteiger partial charge in [-0.2, -0.15) is 0 Å². The van der Waals surface area contributed by atoms with Crippen LogP contribution in [0.3, 0.4) is 0 Å². The van der Waals surface area contributed by atoms with Crippen LogP contribution in [-0.2, 0) is 0 Å². The van der Waals surface area contributed by atoms with E-state index < -0.39 is 7.26 Å². The maximum absolute atomic E-state index is 9.53. The molecular weight excluding hydrogens is 335 g/mol. The summed E-state index contributed by atoms with van der Waals surface area (Å²) in [6.07, 6.45) is 3.01. The van der Waals surface area contributed by atoms with Crippen molar-refractivity contribution in [2.24, 2.45) is 0 Å². The third kappa shape index (κ3) is 4.81. The topological polar surface area (TPSA) is 23.1 Å². The van der Waals surface area contributed by atoms with E-state index in [9.17, 15) is 5.11 Å². The first-order chi connectivity index (χ1) is 12.8. The van der Waals surface area contributed by atoms with Crippen LogP contribution in [0.25, 0.3) is 0 Å². The summed E-state index contributed by atoms with van der Waals surface area (Å²) >= 11 is 0. The minimum Gasteiger partial charge on any atom is -0.854 e. The molecule has 0 amide bonds. The molecule has 0 radical (unpaired) electrons. The Kier molecular flexibility index (Phi) is 8.54. The van der Waals surface area contributed by atoms with E-state index in [1.54, 1.807) is 0 Å². The Bertz CT molecular complexity index is 627. The Morgan fingerprint density at radius 1 is 0.615 bits per heavy atom. The van der Waals surface area contributed by atoms with Crippen LogP contribution in [0.15, 0.2) is 91.0 Å². The molecular formula is C24H29OP. The predicted molar refractivity (Wildman–Crippen MR) is 115 cm³/mol. The Labute approximate surface area is 159 Å². The second-order valence-corrected chi connectivity index (χ2v) is 9.99. The number of benzene rings is 3. The average molecular weight is 364 g/mol. The second-order valence-electron chi connectivity index (χ2n) is 6.19. The molecule has 0 atom stereocenters. The van der Waals surface area contributed by atoms with Gasteiger partial charge in [-0.05, 0) is 43.3 Å². The van der Waals surface area contributed by atoms with E-state index in [1.165, 1.54) is 15.9 Å². The molecule has 26 heavy (non-hydrogen) atoms. The Hall–Kier alpha value is -1.95. The van der Waals surface area contributed by atoms with Gasteiger partial charge in [0, 0.05) is 0 Å². The van der Waals surface area contributed by atoms with Crippen molar-refractivity contribution in [3.8, 4) is 0 Å². The first kappa shape index (κ1) is 20.4. The smallest absolute Gasteiger partial charge is 0.111 e. The van der Waals surface area contributed by atoms with Gasteiger partial charge >= 0.3 is 0 Å². The van der Waals surface area contributed by atoms with E-state index in [-0.39, 0.29) is 6.61 Å². The van der Waals surface area contributed by atoms with Gasteiger partial charge in [0.2, 0.25) is 0 Å². The SMILES string of the molecule is CCCC[O-].CC[P+](c1ccccc1)(c1ccccc1)c1ccccc1. The van der Waals surface area contributed by atoms with Crippen LogP contribution in [0.1, 0.15) is 26.7 Å². The van der Waals surface area contributed by atoms with Crippen LogP contribution in [-0.4, -0.2) is 12.8 Å². The Morgan fingerprint density at radius 2 is 0.962 bits per heavy atom. The number of rotatable bonds is 6. The van der Waals surface area contributed by atoms with Gasteiger partial charge in [0.15, 0.2) is 0 Å². The summed E-state index contributed by atoms with van der Waals surface area (Å²) in [5, 5.41) is 13.9. The minimum absolute atomic E-state index is 0.0938. The van der Waals surface area contributed by atoms with Crippen molar-refractivity contribution >= 4 is 23.2 Å².